The van der Waals surface area contributed by atoms with Crippen molar-refractivity contribution in [1.82, 2.24) is 4.90 Å². The maximum Gasteiger partial charge on any atom is 0.248 e. The van der Waals surface area contributed by atoms with E-state index in [1.54, 1.807) is 0 Å². The van der Waals surface area contributed by atoms with Gasteiger partial charge in [0.1, 0.15) is 11.9 Å². The predicted octanol–water partition coefficient (Wildman–Crippen LogP) is 0.902. The maximum absolute atomic E-state index is 13.5. The van der Waals surface area contributed by atoms with Crippen molar-refractivity contribution in [2.45, 2.75) is 68.7 Å². The summed E-state index contributed by atoms with van der Waals surface area (Å²) in [6.07, 6.45) is 7.21. The number of hydrogen-bond acceptors (Lipinski definition) is 4. The second-order valence-corrected chi connectivity index (χ2v) is 10.3. The molecule has 1 amide bonds. The molecule has 2 heterocycles. The first-order valence-corrected chi connectivity index (χ1v) is 9.86. The topological polar surface area (TPSA) is 78.9 Å². The first-order chi connectivity index (χ1) is 11.5. The number of nitrogens with zero attached hydrogens (tertiary/aromatic N) is 2. The van der Waals surface area contributed by atoms with E-state index in [1.165, 1.54) is 12.8 Å². The number of aliphatic imine (C=N–C) groups is 1. The highest BCUT2D eigenvalue weighted by atomic mass is 16.3. The Bertz CT molecular complexity index is 703. The number of carbonyl (C=O) groups excluding carboxylic acids is 1. The number of aliphatic hydroxyl groups is 1. The van der Waals surface area contributed by atoms with Gasteiger partial charge in [0.2, 0.25) is 5.91 Å². The lowest BCUT2D eigenvalue weighted by atomic mass is 9.46. The number of amides is 1. The molecule has 3 N–H and O–H groups in total. The van der Waals surface area contributed by atoms with Gasteiger partial charge in [-0.1, -0.05) is 0 Å². The molecule has 7 unspecified atom stereocenters. The van der Waals surface area contributed by atoms with Gasteiger partial charge in [-0.05, 0) is 74.5 Å². The first-order valence-electron chi connectivity index (χ1n) is 9.86. The lowest BCUT2D eigenvalue weighted by Crippen LogP contribution is -2.67. The standard InChI is InChI=1S/C19H25N3O2/c20-16-14-13-10-2-11(12(10)13)22(14)17(23)15(21-16)18-3-8-1-9(4-18)6-19(24,5-8)7-18/h8-15,24H,1-7H2,(H2,20,21)/t8?,9?,10?,11?,12?,13-,14?,15?,18?,19?/m1/s1. The summed E-state index contributed by atoms with van der Waals surface area (Å²) in [7, 11) is 0. The zero-order chi connectivity index (χ0) is 16.0. The second kappa shape index (κ2) is 3.55. The number of hydrogen-bond donors (Lipinski definition) is 2. The average molecular weight is 327 g/mol. The van der Waals surface area contributed by atoms with Crippen molar-refractivity contribution in [2.75, 3.05) is 0 Å². The minimum Gasteiger partial charge on any atom is -0.390 e. The number of amidine groups is 1. The van der Waals surface area contributed by atoms with Crippen molar-refractivity contribution in [3.8, 4) is 0 Å². The monoisotopic (exact) mass is 327 g/mol. The highest BCUT2D eigenvalue weighted by Crippen LogP contribution is 2.71. The van der Waals surface area contributed by atoms with Crippen LogP contribution in [0.25, 0.3) is 0 Å². The van der Waals surface area contributed by atoms with E-state index in [-0.39, 0.29) is 23.4 Å². The third-order valence-corrected chi connectivity index (χ3v) is 9.00. The SMILES string of the molecule is NC1=NC(C23CC4CC(CC(O)(C4)C2)C3)C(=O)N2C3CC4C3[C@@H]4C12. The fraction of sp³-hybridized carbons (Fsp3) is 0.895. The maximum atomic E-state index is 13.5. The molecule has 0 radical (unpaired) electrons. The van der Waals surface area contributed by atoms with Gasteiger partial charge in [-0.2, -0.15) is 0 Å². The van der Waals surface area contributed by atoms with E-state index < -0.39 is 5.60 Å². The number of piperidine rings is 2. The summed E-state index contributed by atoms with van der Waals surface area (Å²) in [5.41, 5.74) is 5.75. The molecule has 0 aromatic heterocycles. The molecule has 8 aliphatic rings. The van der Waals surface area contributed by atoms with Crippen molar-refractivity contribution < 1.29 is 9.90 Å². The molecule has 6 aliphatic carbocycles. The molecule has 8 atom stereocenters. The minimum atomic E-state index is -0.541. The quantitative estimate of drug-likeness (QED) is 0.751. The van der Waals surface area contributed by atoms with Gasteiger partial charge in [0.15, 0.2) is 0 Å². The number of rotatable bonds is 1. The zero-order valence-electron chi connectivity index (χ0n) is 13.9. The number of carbonyl (C=O) groups is 1. The van der Waals surface area contributed by atoms with Gasteiger partial charge in [-0.15, -0.1) is 0 Å². The van der Waals surface area contributed by atoms with E-state index in [4.69, 9.17) is 10.7 Å². The lowest BCUT2D eigenvalue weighted by molar-refractivity contribution is -0.179. The molecule has 2 aliphatic heterocycles. The Labute approximate surface area is 141 Å². The highest BCUT2D eigenvalue weighted by molar-refractivity contribution is 6.00. The Hall–Kier alpha value is -1.10. The van der Waals surface area contributed by atoms with Crippen molar-refractivity contribution >= 4 is 11.7 Å². The van der Waals surface area contributed by atoms with Gasteiger partial charge < -0.3 is 15.7 Å². The minimum absolute atomic E-state index is 0.111. The van der Waals surface area contributed by atoms with Crippen LogP contribution < -0.4 is 5.73 Å². The molecule has 0 aromatic carbocycles. The molecule has 4 bridgehead atoms. The molecule has 128 valence electrons. The van der Waals surface area contributed by atoms with Crippen LogP contribution in [0.5, 0.6) is 0 Å². The summed E-state index contributed by atoms with van der Waals surface area (Å²) in [6.45, 7) is 0. The van der Waals surface area contributed by atoms with E-state index >= 15 is 0 Å². The van der Waals surface area contributed by atoms with Gasteiger partial charge in [-0.3, -0.25) is 9.79 Å². The van der Waals surface area contributed by atoms with Gasteiger partial charge >= 0.3 is 0 Å². The van der Waals surface area contributed by atoms with Crippen LogP contribution in [0.2, 0.25) is 0 Å². The highest BCUT2D eigenvalue weighted by Gasteiger charge is 2.77. The van der Waals surface area contributed by atoms with Crippen molar-refractivity contribution in [1.29, 1.82) is 0 Å². The van der Waals surface area contributed by atoms with Crippen LogP contribution in [0.1, 0.15) is 44.9 Å². The summed E-state index contributed by atoms with van der Waals surface area (Å²) in [6, 6.07) is 0.244. The fourth-order valence-corrected chi connectivity index (χ4v) is 8.72. The van der Waals surface area contributed by atoms with E-state index in [0.29, 0.717) is 23.8 Å². The Morgan fingerprint density at radius 1 is 1.12 bits per heavy atom. The zero-order valence-corrected chi connectivity index (χ0v) is 13.9. The Morgan fingerprint density at radius 3 is 2.58 bits per heavy atom. The summed E-state index contributed by atoms with van der Waals surface area (Å²) in [5, 5.41) is 11.0. The average Bonchev–Trinajstić information content (AvgIpc) is 2.94. The van der Waals surface area contributed by atoms with Crippen LogP contribution >= 0.6 is 0 Å². The summed E-state index contributed by atoms with van der Waals surface area (Å²) in [5.74, 6) is 4.31. The first kappa shape index (κ1) is 13.2. The Balaban J connectivity index is 1.32. The summed E-state index contributed by atoms with van der Waals surface area (Å²) < 4.78 is 0. The largest absolute Gasteiger partial charge is 0.390 e. The fourth-order valence-electron chi connectivity index (χ4n) is 8.72. The second-order valence-electron chi connectivity index (χ2n) is 10.3. The lowest BCUT2D eigenvalue weighted by Gasteiger charge is -2.62. The molecular formula is C19H25N3O2. The smallest absolute Gasteiger partial charge is 0.248 e. The van der Waals surface area contributed by atoms with Gasteiger partial charge in [0.05, 0.1) is 11.6 Å². The van der Waals surface area contributed by atoms with Crippen molar-refractivity contribution in [2.24, 2.45) is 45.7 Å². The molecule has 1 saturated heterocycles. The van der Waals surface area contributed by atoms with Gasteiger partial charge in [-0.25, -0.2) is 0 Å². The third-order valence-electron chi connectivity index (χ3n) is 9.00. The molecular weight excluding hydrogens is 302 g/mol. The van der Waals surface area contributed by atoms with Crippen LogP contribution in [0.4, 0.5) is 0 Å². The van der Waals surface area contributed by atoms with E-state index in [0.717, 1.165) is 49.8 Å². The molecule has 0 aromatic rings. The molecule has 6 saturated carbocycles. The van der Waals surface area contributed by atoms with Gasteiger partial charge in [0, 0.05) is 11.5 Å². The van der Waals surface area contributed by atoms with Crippen molar-refractivity contribution in [3.63, 3.8) is 0 Å². The van der Waals surface area contributed by atoms with Crippen LogP contribution in [-0.2, 0) is 4.79 Å². The van der Waals surface area contributed by atoms with Gasteiger partial charge in [0.25, 0.3) is 0 Å². The molecule has 7 fully saturated rings. The molecule has 5 nitrogen and oxygen atoms in total. The molecule has 0 spiro atoms. The normalized spacial score (nSPS) is 64.5. The molecule has 8 rings (SSSR count). The van der Waals surface area contributed by atoms with E-state index in [1.807, 2.05) is 0 Å². The summed E-state index contributed by atoms with van der Waals surface area (Å²) in [4.78, 5) is 20.5. The number of nitrogens with two attached hydrogens (primary N) is 1. The number of fused-ring (bicyclic) bond motifs is 4. The Morgan fingerprint density at radius 2 is 1.88 bits per heavy atom. The van der Waals surface area contributed by atoms with Crippen molar-refractivity contribution in [3.05, 3.63) is 0 Å². The third kappa shape index (κ3) is 1.26. The van der Waals surface area contributed by atoms with E-state index in [9.17, 15) is 9.90 Å². The van der Waals surface area contributed by atoms with Crippen LogP contribution in [-0.4, -0.2) is 45.5 Å². The summed E-state index contributed by atoms with van der Waals surface area (Å²) >= 11 is 0. The van der Waals surface area contributed by atoms with Crippen LogP contribution in [0.15, 0.2) is 4.99 Å². The predicted molar refractivity (Wildman–Crippen MR) is 87.0 cm³/mol. The molecule has 24 heavy (non-hydrogen) atoms. The van der Waals surface area contributed by atoms with Crippen LogP contribution in [0, 0.1) is 35.0 Å². The van der Waals surface area contributed by atoms with Crippen LogP contribution in [0.3, 0.4) is 0 Å². The molecule has 5 heteroatoms. The van der Waals surface area contributed by atoms with E-state index in [2.05, 4.69) is 4.90 Å². The Kier molecular flexibility index (Phi) is 1.95.